The van der Waals surface area contributed by atoms with Crippen molar-refractivity contribution in [2.75, 3.05) is 17.6 Å². The molecule has 32 heavy (non-hydrogen) atoms. The third-order valence-electron chi connectivity index (χ3n) is 4.79. The molecule has 0 saturated carbocycles. The summed E-state index contributed by atoms with van der Waals surface area (Å²) in [6.45, 7) is 0.402. The zero-order valence-electron chi connectivity index (χ0n) is 16.9. The van der Waals surface area contributed by atoms with Gasteiger partial charge in [0, 0.05) is 5.69 Å². The summed E-state index contributed by atoms with van der Waals surface area (Å²) in [6, 6.07) is 14.6. The molecule has 10 heteroatoms. The van der Waals surface area contributed by atoms with Crippen molar-refractivity contribution >= 4 is 17.4 Å². The van der Waals surface area contributed by atoms with Crippen LogP contribution in [-0.2, 0) is 17.4 Å². The van der Waals surface area contributed by atoms with Gasteiger partial charge in [-0.25, -0.2) is 0 Å². The Hall–Kier alpha value is -3.84. The smallest absolute Gasteiger partial charge is 0.381 e. The Balaban J connectivity index is 1.68. The second-order valence-electron chi connectivity index (χ2n) is 7.04. The first-order valence-corrected chi connectivity index (χ1v) is 9.79. The highest BCUT2D eigenvalue weighted by Gasteiger charge is 2.30. The molecule has 2 aromatic carbocycles. The molecule has 0 saturated heterocycles. The van der Waals surface area contributed by atoms with E-state index in [-0.39, 0.29) is 11.5 Å². The Labute approximate surface area is 182 Å². The number of aromatic nitrogens is 2. The quantitative estimate of drug-likeness (QED) is 0.396. The summed E-state index contributed by atoms with van der Waals surface area (Å²) in [4.78, 5) is 12.9. The number of benzene rings is 2. The zero-order valence-corrected chi connectivity index (χ0v) is 16.9. The average Bonchev–Trinajstić information content (AvgIpc) is 3.13. The van der Waals surface area contributed by atoms with E-state index in [1.54, 1.807) is 30.3 Å². The first kappa shape index (κ1) is 22.8. The number of hydrogen-bond donors (Lipinski definition) is 4. The number of halogens is 3. The number of hydrogen-bond acceptors (Lipinski definition) is 5. The maximum Gasteiger partial charge on any atom is 0.416 e. The maximum atomic E-state index is 13.0. The Morgan fingerprint density at radius 2 is 1.94 bits per heavy atom. The molecule has 1 heterocycles. The molecule has 0 bridgehead atoms. The van der Waals surface area contributed by atoms with Crippen LogP contribution in [0.4, 0.5) is 24.7 Å². The number of carbonyl (C=O) groups is 1. The van der Waals surface area contributed by atoms with Gasteiger partial charge in [0.25, 0.3) is 0 Å². The fourth-order valence-corrected chi connectivity index (χ4v) is 3.21. The zero-order chi connectivity index (χ0) is 23.1. The van der Waals surface area contributed by atoms with Crippen LogP contribution in [0.5, 0.6) is 0 Å². The standard InChI is InChI=1S/C22H21F3N6O/c23-22(24,25)15-8-4-9-16(12-15)29-21(32)19(14-6-2-1-3-7-14)28-11-5-10-18-17(13-26)20(27)31-30-18/h1-4,6-9,12,19,28H,5,10-11H2,(H,29,32)(H3,27,30,31). The number of nitriles is 1. The van der Waals surface area contributed by atoms with E-state index in [2.05, 4.69) is 20.8 Å². The Bertz CT molecular complexity index is 1100. The first-order valence-electron chi connectivity index (χ1n) is 9.79. The highest BCUT2D eigenvalue weighted by molar-refractivity contribution is 5.95. The third-order valence-corrected chi connectivity index (χ3v) is 4.79. The van der Waals surface area contributed by atoms with Gasteiger partial charge in [-0.2, -0.15) is 23.5 Å². The first-order chi connectivity index (χ1) is 15.3. The second kappa shape index (κ2) is 9.98. The maximum absolute atomic E-state index is 13.0. The summed E-state index contributed by atoms with van der Waals surface area (Å²) in [7, 11) is 0. The van der Waals surface area contributed by atoms with Crippen molar-refractivity contribution in [3.05, 3.63) is 77.0 Å². The number of carbonyl (C=O) groups excluding carboxylic acids is 1. The van der Waals surface area contributed by atoms with Gasteiger partial charge < -0.3 is 16.4 Å². The molecule has 0 radical (unpaired) electrons. The molecule has 1 amide bonds. The minimum atomic E-state index is -4.50. The van der Waals surface area contributed by atoms with E-state index < -0.39 is 23.7 Å². The lowest BCUT2D eigenvalue weighted by molar-refractivity contribution is -0.137. The Morgan fingerprint density at radius 3 is 2.62 bits per heavy atom. The summed E-state index contributed by atoms with van der Waals surface area (Å²) in [5, 5.41) is 21.4. The van der Waals surface area contributed by atoms with Gasteiger partial charge in [-0.05, 0) is 43.1 Å². The summed E-state index contributed by atoms with van der Waals surface area (Å²) < 4.78 is 38.9. The number of anilines is 2. The molecule has 0 aliphatic rings. The van der Waals surface area contributed by atoms with E-state index in [0.717, 1.165) is 12.1 Å². The van der Waals surface area contributed by atoms with Crippen LogP contribution in [0, 0.1) is 11.3 Å². The molecule has 166 valence electrons. The summed E-state index contributed by atoms with van der Waals surface area (Å²) >= 11 is 0. The summed E-state index contributed by atoms with van der Waals surface area (Å²) in [5.74, 6) is -0.350. The van der Waals surface area contributed by atoms with Crippen molar-refractivity contribution < 1.29 is 18.0 Å². The SMILES string of the molecule is N#Cc1c(N)n[nH]c1CCCNC(C(=O)Nc1cccc(C(F)(F)F)c1)c1ccccc1. The fraction of sp³-hybridized carbons (Fsp3) is 0.227. The highest BCUT2D eigenvalue weighted by Crippen LogP contribution is 2.31. The van der Waals surface area contributed by atoms with Crippen LogP contribution in [0.2, 0.25) is 0 Å². The minimum absolute atomic E-state index is 0.0548. The van der Waals surface area contributed by atoms with Gasteiger partial charge in [0.05, 0.1) is 11.3 Å². The van der Waals surface area contributed by atoms with Crippen molar-refractivity contribution in [2.24, 2.45) is 0 Å². The van der Waals surface area contributed by atoms with Crippen LogP contribution < -0.4 is 16.4 Å². The predicted molar refractivity (Wildman–Crippen MR) is 113 cm³/mol. The second-order valence-corrected chi connectivity index (χ2v) is 7.04. The number of aromatic amines is 1. The minimum Gasteiger partial charge on any atom is -0.381 e. The van der Waals surface area contributed by atoms with Crippen LogP contribution in [0.25, 0.3) is 0 Å². The van der Waals surface area contributed by atoms with Crippen molar-refractivity contribution in [1.82, 2.24) is 15.5 Å². The number of amides is 1. The number of H-pyrrole nitrogens is 1. The van der Waals surface area contributed by atoms with Crippen molar-refractivity contribution in [3.8, 4) is 6.07 Å². The van der Waals surface area contributed by atoms with Gasteiger partial charge >= 0.3 is 6.18 Å². The summed E-state index contributed by atoms with van der Waals surface area (Å²) in [6.07, 6.45) is -3.45. The largest absolute Gasteiger partial charge is 0.416 e. The van der Waals surface area contributed by atoms with Crippen LogP contribution in [-0.4, -0.2) is 22.6 Å². The lowest BCUT2D eigenvalue weighted by Crippen LogP contribution is -2.33. The molecular weight excluding hydrogens is 421 g/mol. The molecule has 5 N–H and O–H groups in total. The number of nitrogens with zero attached hydrogens (tertiary/aromatic N) is 2. The van der Waals surface area contributed by atoms with E-state index in [9.17, 15) is 18.0 Å². The monoisotopic (exact) mass is 442 g/mol. The molecule has 1 atom stereocenters. The molecule has 0 fully saturated rings. The number of nitrogen functional groups attached to an aromatic ring is 1. The average molecular weight is 442 g/mol. The number of alkyl halides is 3. The third kappa shape index (κ3) is 5.65. The number of nitrogens with one attached hydrogen (secondary N) is 3. The molecular formula is C22H21F3N6O. The van der Waals surface area contributed by atoms with Gasteiger partial charge in [-0.3, -0.25) is 9.89 Å². The van der Waals surface area contributed by atoms with E-state index in [4.69, 9.17) is 11.0 Å². The lowest BCUT2D eigenvalue weighted by atomic mass is 10.1. The number of rotatable bonds is 8. The van der Waals surface area contributed by atoms with Crippen LogP contribution in [0.3, 0.4) is 0 Å². The fourth-order valence-electron chi connectivity index (χ4n) is 3.21. The van der Waals surface area contributed by atoms with Gasteiger partial charge in [0.1, 0.15) is 17.7 Å². The van der Waals surface area contributed by atoms with Crippen molar-refractivity contribution in [2.45, 2.75) is 25.1 Å². The van der Waals surface area contributed by atoms with Crippen molar-refractivity contribution in [3.63, 3.8) is 0 Å². The van der Waals surface area contributed by atoms with E-state index in [1.807, 2.05) is 6.07 Å². The van der Waals surface area contributed by atoms with E-state index in [1.165, 1.54) is 12.1 Å². The van der Waals surface area contributed by atoms with Crippen LogP contribution in [0.1, 0.15) is 34.8 Å². The predicted octanol–water partition coefficient (Wildman–Crippen LogP) is 3.78. The van der Waals surface area contributed by atoms with E-state index in [0.29, 0.717) is 36.2 Å². The molecule has 7 nitrogen and oxygen atoms in total. The molecule has 1 aromatic heterocycles. The van der Waals surface area contributed by atoms with Crippen LogP contribution in [0.15, 0.2) is 54.6 Å². The molecule has 0 spiro atoms. The van der Waals surface area contributed by atoms with Gasteiger partial charge in [0.15, 0.2) is 5.82 Å². The highest BCUT2D eigenvalue weighted by atomic mass is 19.4. The molecule has 3 aromatic rings. The van der Waals surface area contributed by atoms with Gasteiger partial charge in [-0.15, -0.1) is 0 Å². The van der Waals surface area contributed by atoms with Crippen molar-refractivity contribution in [1.29, 1.82) is 5.26 Å². The molecule has 0 aliphatic heterocycles. The van der Waals surface area contributed by atoms with Crippen LogP contribution >= 0.6 is 0 Å². The summed E-state index contributed by atoms with van der Waals surface area (Å²) in [5.41, 5.74) is 6.41. The Morgan fingerprint density at radius 1 is 1.19 bits per heavy atom. The normalized spacial score (nSPS) is 12.2. The lowest BCUT2D eigenvalue weighted by Gasteiger charge is -2.19. The molecule has 3 rings (SSSR count). The molecule has 0 aliphatic carbocycles. The topological polar surface area (TPSA) is 120 Å². The van der Waals surface area contributed by atoms with Gasteiger partial charge in [0.2, 0.25) is 5.91 Å². The Kier molecular flexibility index (Phi) is 7.12. The number of nitrogens with two attached hydrogens (primary N) is 1. The molecule has 1 unspecified atom stereocenters. The van der Waals surface area contributed by atoms with E-state index >= 15 is 0 Å². The number of aryl methyl sites for hydroxylation is 1. The van der Waals surface area contributed by atoms with Gasteiger partial charge in [-0.1, -0.05) is 36.4 Å².